The van der Waals surface area contributed by atoms with Crippen molar-refractivity contribution in [1.82, 2.24) is 15.1 Å². The number of aliphatic hydroxyl groups is 4. The van der Waals surface area contributed by atoms with Gasteiger partial charge in [-0.25, -0.2) is 0 Å². The maximum atomic E-state index is 11.8. The molecule has 130 valence electrons. The van der Waals surface area contributed by atoms with Crippen molar-refractivity contribution in [3.8, 4) is 0 Å². The van der Waals surface area contributed by atoms with Gasteiger partial charge in [0.15, 0.2) is 0 Å². The first-order chi connectivity index (χ1) is 10.6. The lowest BCUT2D eigenvalue weighted by Crippen LogP contribution is -2.43. The first-order valence-electron chi connectivity index (χ1n) is 7.29. The minimum absolute atomic E-state index is 0.0582. The highest BCUT2D eigenvalue weighted by Crippen LogP contribution is 1.92. The molecule has 5 N–H and O–H groups in total. The monoisotopic (exact) mass is 321 g/mol. The molecule has 0 unspecified atom stereocenters. The van der Waals surface area contributed by atoms with Gasteiger partial charge in [0.25, 0.3) is 0 Å². The van der Waals surface area contributed by atoms with Crippen LogP contribution in [0.1, 0.15) is 6.42 Å². The molecule has 0 spiro atoms. The summed E-state index contributed by atoms with van der Waals surface area (Å²) in [6.07, 6.45) is 0.146. The Morgan fingerprint density at radius 2 is 1.27 bits per heavy atom. The summed E-state index contributed by atoms with van der Waals surface area (Å²) in [5.74, 6) is -0.693. The summed E-state index contributed by atoms with van der Waals surface area (Å²) in [4.78, 5) is 26.5. The second kappa shape index (κ2) is 13.4. The van der Waals surface area contributed by atoms with Gasteiger partial charge < -0.3 is 30.6 Å². The highest BCUT2D eigenvalue weighted by molar-refractivity contribution is 5.84. The van der Waals surface area contributed by atoms with Gasteiger partial charge in [-0.1, -0.05) is 0 Å². The van der Waals surface area contributed by atoms with Crippen LogP contribution in [0.25, 0.3) is 0 Å². The minimum atomic E-state index is -0.376. The summed E-state index contributed by atoms with van der Waals surface area (Å²) in [6, 6.07) is 0. The fraction of sp³-hybridized carbons (Fsp3) is 0.846. The van der Waals surface area contributed by atoms with E-state index in [1.165, 1.54) is 4.90 Å². The minimum Gasteiger partial charge on any atom is -0.395 e. The lowest BCUT2D eigenvalue weighted by atomic mass is 10.3. The molecule has 0 fully saturated rings. The summed E-state index contributed by atoms with van der Waals surface area (Å²) < 4.78 is 0. The van der Waals surface area contributed by atoms with Crippen LogP contribution in [-0.2, 0) is 9.59 Å². The second-order valence-corrected chi connectivity index (χ2v) is 4.64. The quantitative estimate of drug-likeness (QED) is 0.239. The third-order valence-corrected chi connectivity index (χ3v) is 3.02. The van der Waals surface area contributed by atoms with E-state index in [1.807, 2.05) is 0 Å². The van der Waals surface area contributed by atoms with Gasteiger partial charge in [-0.05, 0) is 0 Å². The number of rotatable bonds is 13. The molecule has 0 saturated heterocycles. The number of aliphatic hydroxyl groups excluding tert-OH is 4. The molecule has 0 saturated carbocycles. The molecule has 0 aromatic carbocycles. The van der Waals surface area contributed by atoms with E-state index in [4.69, 9.17) is 20.4 Å². The fourth-order valence-electron chi connectivity index (χ4n) is 1.85. The van der Waals surface area contributed by atoms with E-state index in [1.54, 1.807) is 4.90 Å². The van der Waals surface area contributed by atoms with Crippen LogP contribution in [0.15, 0.2) is 0 Å². The van der Waals surface area contributed by atoms with Gasteiger partial charge in [0.2, 0.25) is 11.8 Å². The predicted octanol–water partition coefficient (Wildman–Crippen LogP) is -3.41. The summed E-state index contributed by atoms with van der Waals surface area (Å²) >= 11 is 0. The zero-order valence-electron chi connectivity index (χ0n) is 12.8. The molecule has 22 heavy (non-hydrogen) atoms. The fourth-order valence-corrected chi connectivity index (χ4v) is 1.85. The summed E-state index contributed by atoms with van der Waals surface area (Å²) in [5.41, 5.74) is 0. The number of nitrogens with zero attached hydrogens (tertiary/aromatic N) is 2. The first-order valence-corrected chi connectivity index (χ1v) is 7.29. The van der Waals surface area contributed by atoms with Gasteiger partial charge >= 0.3 is 0 Å². The first kappa shape index (κ1) is 20.7. The number of hydrogen-bond donors (Lipinski definition) is 5. The smallest absolute Gasteiger partial charge is 0.242 e. The topological polar surface area (TPSA) is 134 Å². The molecule has 0 heterocycles. The molecular formula is C13H27N3O6. The number of carbonyl (C=O) groups excluding carboxylic acids is 2. The summed E-state index contributed by atoms with van der Waals surface area (Å²) in [6.45, 7) is 0.590. The Morgan fingerprint density at radius 3 is 1.73 bits per heavy atom. The Morgan fingerprint density at radius 1 is 0.773 bits per heavy atom. The normalized spacial score (nSPS) is 10.8. The molecule has 0 aromatic heterocycles. The number of hydrogen-bond acceptors (Lipinski definition) is 7. The van der Waals surface area contributed by atoms with Crippen LogP contribution >= 0.6 is 0 Å². The third kappa shape index (κ3) is 9.64. The van der Waals surface area contributed by atoms with Crippen molar-refractivity contribution in [2.45, 2.75) is 6.42 Å². The van der Waals surface area contributed by atoms with Crippen molar-refractivity contribution in [3.63, 3.8) is 0 Å². The summed E-state index contributed by atoms with van der Waals surface area (Å²) in [7, 11) is 0. The van der Waals surface area contributed by atoms with Crippen molar-refractivity contribution in [2.24, 2.45) is 0 Å². The van der Waals surface area contributed by atoms with E-state index in [0.29, 0.717) is 19.6 Å². The van der Waals surface area contributed by atoms with E-state index >= 15 is 0 Å². The zero-order valence-corrected chi connectivity index (χ0v) is 12.8. The highest BCUT2D eigenvalue weighted by atomic mass is 16.3. The average molecular weight is 321 g/mol. The molecule has 0 aliphatic rings. The lowest BCUT2D eigenvalue weighted by molar-refractivity contribution is -0.133. The van der Waals surface area contributed by atoms with E-state index < -0.39 is 0 Å². The van der Waals surface area contributed by atoms with Crippen LogP contribution in [0, 0.1) is 0 Å². The van der Waals surface area contributed by atoms with E-state index in [0.717, 1.165) is 0 Å². The average Bonchev–Trinajstić information content (AvgIpc) is 2.50. The van der Waals surface area contributed by atoms with Crippen molar-refractivity contribution in [1.29, 1.82) is 0 Å². The Labute approximate surface area is 130 Å². The van der Waals surface area contributed by atoms with Crippen LogP contribution < -0.4 is 5.32 Å². The molecule has 9 nitrogen and oxygen atoms in total. The Hall–Kier alpha value is -1.26. The SMILES string of the molecule is O=C(CCN(CCO)CCO)NCC(=O)N(CCO)CCO. The van der Waals surface area contributed by atoms with Crippen LogP contribution in [-0.4, -0.2) is 108 Å². The van der Waals surface area contributed by atoms with E-state index in [2.05, 4.69) is 5.32 Å². The van der Waals surface area contributed by atoms with Crippen LogP contribution in [0.2, 0.25) is 0 Å². The standard InChI is InChI=1S/C13H27N3O6/c17-7-3-15(4-8-18)2-1-12(21)14-11-13(22)16(5-9-19)6-10-20/h17-20H,1-11H2,(H,14,21). The van der Waals surface area contributed by atoms with Gasteiger partial charge in [-0.2, -0.15) is 0 Å². The van der Waals surface area contributed by atoms with Crippen molar-refractivity contribution in [3.05, 3.63) is 0 Å². The van der Waals surface area contributed by atoms with Crippen molar-refractivity contribution in [2.75, 3.05) is 65.7 Å². The molecule has 0 aliphatic heterocycles. The largest absolute Gasteiger partial charge is 0.395 e. The molecule has 0 radical (unpaired) electrons. The Kier molecular flexibility index (Phi) is 12.6. The Bertz CT molecular complexity index is 304. The molecule has 9 heteroatoms. The van der Waals surface area contributed by atoms with E-state index in [9.17, 15) is 9.59 Å². The third-order valence-electron chi connectivity index (χ3n) is 3.02. The van der Waals surface area contributed by atoms with Gasteiger partial charge in [-0.3, -0.25) is 14.5 Å². The van der Waals surface area contributed by atoms with Crippen molar-refractivity contribution < 1.29 is 30.0 Å². The zero-order chi connectivity index (χ0) is 16.8. The molecule has 0 aromatic rings. The van der Waals surface area contributed by atoms with Crippen LogP contribution in [0.5, 0.6) is 0 Å². The number of amides is 2. The number of carbonyl (C=O) groups is 2. The van der Waals surface area contributed by atoms with E-state index in [-0.39, 0.29) is 64.3 Å². The number of nitrogens with one attached hydrogen (secondary N) is 1. The van der Waals surface area contributed by atoms with Gasteiger partial charge in [0.1, 0.15) is 0 Å². The van der Waals surface area contributed by atoms with Crippen LogP contribution in [0.3, 0.4) is 0 Å². The molecule has 0 rings (SSSR count). The van der Waals surface area contributed by atoms with Gasteiger partial charge in [0.05, 0.1) is 33.0 Å². The summed E-state index contributed by atoms with van der Waals surface area (Å²) in [5, 5.41) is 37.8. The van der Waals surface area contributed by atoms with Gasteiger partial charge in [0, 0.05) is 39.1 Å². The molecule has 0 bridgehead atoms. The second-order valence-electron chi connectivity index (χ2n) is 4.64. The highest BCUT2D eigenvalue weighted by Gasteiger charge is 2.14. The van der Waals surface area contributed by atoms with Crippen molar-refractivity contribution >= 4 is 11.8 Å². The molecule has 0 aliphatic carbocycles. The van der Waals surface area contributed by atoms with Crippen LogP contribution in [0.4, 0.5) is 0 Å². The Balaban J connectivity index is 4.07. The van der Waals surface area contributed by atoms with Gasteiger partial charge in [-0.15, -0.1) is 0 Å². The maximum absolute atomic E-state index is 11.8. The lowest BCUT2D eigenvalue weighted by Gasteiger charge is -2.21. The molecule has 0 atom stereocenters. The maximum Gasteiger partial charge on any atom is 0.242 e. The predicted molar refractivity (Wildman–Crippen MR) is 79.0 cm³/mol. The molecular weight excluding hydrogens is 294 g/mol. The molecule has 2 amide bonds.